The summed E-state index contributed by atoms with van der Waals surface area (Å²) in [6.07, 6.45) is 1.02. The summed E-state index contributed by atoms with van der Waals surface area (Å²) in [7, 11) is 0. The van der Waals surface area contributed by atoms with Crippen molar-refractivity contribution >= 4 is 29.7 Å². The van der Waals surface area contributed by atoms with E-state index in [9.17, 15) is 14.4 Å². The monoisotopic (exact) mass is 287 g/mol. The molecule has 1 aliphatic rings. The Bertz CT molecular complexity index is 386. The molecule has 0 aromatic heterocycles. The van der Waals surface area contributed by atoms with Crippen molar-refractivity contribution in [1.29, 1.82) is 0 Å². The van der Waals surface area contributed by atoms with Gasteiger partial charge in [-0.15, -0.1) is 0 Å². The van der Waals surface area contributed by atoms with Gasteiger partial charge in [0.25, 0.3) is 5.91 Å². The zero-order chi connectivity index (χ0) is 14.3. The molecule has 1 heterocycles. The highest BCUT2D eigenvalue weighted by Gasteiger charge is 2.23. The highest BCUT2D eigenvalue weighted by atomic mass is 32.2. The topological polar surface area (TPSA) is 111 Å². The van der Waals surface area contributed by atoms with Crippen molar-refractivity contribution in [3.63, 3.8) is 0 Å². The third-order valence-electron chi connectivity index (χ3n) is 2.27. The molecule has 0 saturated carbocycles. The predicted molar refractivity (Wildman–Crippen MR) is 71.5 cm³/mol. The zero-order valence-corrected chi connectivity index (χ0v) is 11.4. The Hall–Kier alpha value is -1.70. The summed E-state index contributed by atoms with van der Waals surface area (Å²) in [5, 5.41) is 5.32. The molecule has 0 radical (unpaired) electrons. The molecule has 8 heteroatoms. The standard InChI is InChI=1S/C11H17N3O4S/c1-7-2-3-9(15)13-4-5-19-6-8(10(16)14-7)18-11(12)17/h2-3,7-8H,4-6H2,1H3,(H2,12,17)(H,13,15)(H,14,16)/b3-2+/t7-,8-/m0/s1. The van der Waals surface area contributed by atoms with Crippen molar-refractivity contribution in [2.75, 3.05) is 18.1 Å². The van der Waals surface area contributed by atoms with Crippen molar-refractivity contribution in [3.8, 4) is 0 Å². The molecule has 0 aromatic carbocycles. The van der Waals surface area contributed by atoms with Gasteiger partial charge in [-0.2, -0.15) is 11.8 Å². The normalized spacial score (nSPS) is 27.2. The van der Waals surface area contributed by atoms with Gasteiger partial charge < -0.3 is 21.1 Å². The molecule has 3 amide bonds. The number of nitrogens with two attached hydrogens (primary N) is 1. The van der Waals surface area contributed by atoms with E-state index in [2.05, 4.69) is 10.6 Å². The van der Waals surface area contributed by atoms with E-state index in [1.807, 2.05) is 0 Å². The maximum absolute atomic E-state index is 11.9. The number of nitrogens with one attached hydrogen (secondary N) is 2. The number of amides is 3. The van der Waals surface area contributed by atoms with Gasteiger partial charge in [0.2, 0.25) is 5.91 Å². The van der Waals surface area contributed by atoms with Gasteiger partial charge in [-0.3, -0.25) is 9.59 Å². The van der Waals surface area contributed by atoms with Crippen LogP contribution in [0.15, 0.2) is 12.2 Å². The lowest BCUT2D eigenvalue weighted by atomic mass is 10.2. The molecule has 19 heavy (non-hydrogen) atoms. The lowest BCUT2D eigenvalue weighted by Crippen LogP contribution is -2.44. The van der Waals surface area contributed by atoms with Crippen LogP contribution in [0.1, 0.15) is 6.92 Å². The van der Waals surface area contributed by atoms with E-state index >= 15 is 0 Å². The first kappa shape index (κ1) is 15.4. The van der Waals surface area contributed by atoms with Gasteiger partial charge in [0.1, 0.15) is 0 Å². The van der Waals surface area contributed by atoms with Crippen LogP contribution in [-0.4, -0.2) is 48.1 Å². The second-order valence-electron chi connectivity index (χ2n) is 3.95. The Morgan fingerprint density at radius 3 is 2.95 bits per heavy atom. The van der Waals surface area contributed by atoms with E-state index in [0.717, 1.165) is 0 Å². The van der Waals surface area contributed by atoms with Gasteiger partial charge in [0, 0.05) is 30.2 Å². The van der Waals surface area contributed by atoms with E-state index < -0.39 is 18.1 Å². The Kier molecular flexibility index (Phi) is 6.20. The second-order valence-corrected chi connectivity index (χ2v) is 5.10. The summed E-state index contributed by atoms with van der Waals surface area (Å²) in [5.41, 5.74) is 4.93. The van der Waals surface area contributed by atoms with Gasteiger partial charge in [-0.05, 0) is 6.92 Å². The van der Waals surface area contributed by atoms with Crippen molar-refractivity contribution in [2.24, 2.45) is 5.73 Å². The van der Waals surface area contributed by atoms with Crippen LogP contribution >= 0.6 is 11.8 Å². The number of carbonyl (C=O) groups excluding carboxylic acids is 3. The first-order chi connectivity index (χ1) is 8.99. The number of ether oxygens (including phenoxy) is 1. The highest BCUT2D eigenvalue weighted by molar-refractivity contribution is 7.99. The van der Waals surface area contributed by atoms with Crippen molar-refractivity contribution in [1.82, 2.24) is 10.6 Å². The van der Waals surface area contributed by atoms with E-state index in [-0.39, 0.29) is 11.9 Å². The van der Waals surface area contributed by atoms with Crippen LogP contribution in [0, 0.1) is 0 Å². The first-order valence-electron chi connectivity index (χ1n) is 5.79. The van der Waals surface area contributed by atoms with E-state index in [0.29, 0.717) is 18.1 Å². The molecule has 1 rings (SSSR count). The number of hydrogen-bond acceptors (Lipinski definition) is 5. The predicted octanol–water partition coefficient (Wildman–Crippen LogP) is -0.626. The smallest absolute Gasteiger partial charge is 0.405 e. The van der Waals surface area contributed by atoms with Crippen molar-refractivity contribution in [3.05, 3.63) is 12.2 Å². The van der Waals surface area contributed by atoms with Gasteiger partial charge >= 0.3 is 6.09 Å². The fraction of sp³-hybridized carbons (Fsp3) is 0.545. The van der Waals surface area contributed by atoms with Crippen LogP contribution in [-0.2, 0) is 14.3 Å². The SMILES string of the molecule is C[C@H]1/C=C/C(=O)NCCSC[C@H](OC(N)=O)C(=O)N1. The minimum atomic E-state index is -0.982. The quantitative estimate of drug-likeness (QED) is 0.595. The average molecular weight is 287 g/mol. The molecule has 0 aliphatic carbocycles. The Morgan fingerprint density at radius 2 is 2.26 bits per heavy atom. The molecule has 0 fully saturated rings. The minimum Gasteiger partial charge on any atom is -0.435 e. The van der Waals surface area contributed by atoms with Crippen LogP contribution in [0.25, 0.3) is 0 Å². The largest absolute Gasteiger partial charge is 0.435 e. The molecule has 4 N–H and O–H groups in total. The molecule has 2 atom stereocenters. The van der Waals surface area contributed by atoms with E-state index in [1.54, 1.807) is 13.0 Å². The third-order valence-corrected chi connectivity index (χ3v) is 3.30. The lowest BCUT2D eigenvalue weighted by Gasteiger charge is -2.18. The number of primary amides is 1. The molecule has 7 nitrogen and oxygen atoms in total. The molecule has 0 bridgehead atoms. The summed E-state index contributed by atoms with van der Waals surface area (Å²) >= 11 is 1.39. The number of carbonyl (C=O) groups is 3. The van der Waals surface area contributed by atoms with Gasteiger partial charge in [-0.1, -0.05) is 6.08 Å². The Morgan fingerprint density at radius 1 is 1.53 bits per heavy atom. The van der Waals surface area contributed by atoms with Crippen molar-refractivity contribution in [2.45, 2.75) is 19.1 Å². The minimum absolute atomic E-state index is 0.202. The van der Waals surface area contributed by atoms with E-state index in [4.69, 9.17) is 10.5 Å². The molecule has 0 aromatic rings. The van der Waals surface area contributed by atoms with Crippen LogP contribution in [0.4, 0.5) is 4.79 Å². The lowest BCUT2D eigenvalue weighted by molar-refractivity contribution is -0.128. The zero-order valence-electron chi connectivity index (χ0n) is 10.5. The maximum atomic E-state index is 11.9. The first-order valence-corrected chi connectivity index (χ1v) is 6.94. The number of thioether (sulfide) groups is 1. The Balaban J connectivity index is 2.71. The summed E-state index contributed by atoms with van der Waals surface area (Å²) < 4.78 is 4.77. The summed E-state index contributed by atoms with van der Waals surface area (Å²) in [6, 6.07) is -0.346. The molecule has 1 aliphatic heterocycles. The maximum Gasteiger partial charge on any atom is 0.405 e. The van der Waals surface area contributed by atoms with Crippen molar-refractivity contribution < 1.29 is 19.1 Å². The van der Waals surface area contributed by atoms with Crippen LogP contribution in [0.5, 0.6) is 0 Å². The summed E-state index contributed by atoms with van der Waals surface area (Å²) in [6.45, 7) is 2.19. The van der Waals surface area contributed by atoms with Gasteiger partial charge in [-0.25, -0.2) is 4.79 Å². The van der Waals surface area contributed by atoms with Gasteiger partial charge in [0.15, 0.2) is 6.10 Å². The molecular formula is C11H17N3O4S. The fourth-order valence-corrected chi connectivity index (χ4v) is 2.24. The number of hydrogen-bond donors (Lipinski definition) is 3. The Labute approximate surface area is 115 Å². The fourth-order valence-electron chi connectivity index (χ4n) is 1.40. The molecule has 0 saturated heterocycles. The van der Waals surface area contributed by atoms with E-state index in [1.165, 1.54) is 17.8 Å². The molecule has 106 valence electrons. The highest BCUT2D eigenvalue weighted by Crippen LogP contribution is 2.07. The second kappa shape index (κ2) is 7.67. The molecule has 0 unspecified atom stereocenters. The third kappa shape index (κ3) is 6.14. The summed E-state index contributed by atoms with van der Waals surface area (Å²) in [5.74, 6) is 0.277. The van der Waals surface area contributed by atoms with Crippen LogP contribution in [0.3, 0.4) is 0 Å². The van der Waals surface area contributed by atoms with Gasteiger partial charge in [0.05, 0.1) is 0 Å². The average Bonchev–Trinajstić information content (AvgIpc) is 2.32. The summed E-state index contributed by atoms with van der Waals surface area (Å²) in [4.78, 5) is 33.9. The van der Waals surface area contributed by atoms with Crippen LogP contribution in [0.2, 0.25) is 0 Å². The molecule has 0 spiro atoms. The number of rotatable bonds is 1. The van der Waals surface area contributed by atoms with Crippen LogP contribution < -0.4 is 16.4 Å². The molecular weight excluding hydrogens is 270 g/mol.